The fourth-order valence-corrected chi connectivity index (χ4v) is 3.89. The van der Waals surface area contributed by atoms with E-state index in [2.05, 4.69) is 34.5 Å². The smallest absolute Gasteiger partial charge is 0.0829 e. The average molecular weight is 288 g/mol. The number of hydrogen-bond acceptors (Lipinski definition) is 5. The van der Waals surface area contributed by atoms with Crippen molar-refractivity contribution in [3.63, 3.8) is 0 Å². The first-order chi connectivity index (χ1) is 9.68. The van der Waals surface area contributed by atoms with E-state index in [0.717, 1.165) is 23.4 Å². The van der Waals surface area contributed by atoms with Crippen LogP contribution in [0.25, 0.3) is 0 Å². The van der Waals surface area contributed by atoms with Crippen LogP contribution in [0.5, 0.6) is 0 Å². The molecule has 0 aromatic carbocycles. The summed E-state index contributed by atoms with van der Waals surface area (Å²) in [6, 6.07) is 4.15. The van der Waals surface area contributed by atoms with Crippen LogP contribution >= 0.6 is 11.5 Å². The van der Waals surface area contributed by atoms with E-state index in [-0.39, 0.29) is 6.04 Å². The highest BCUT2D eigenvalue weighted by atomic mass is 32.1. The van der Waals surface area contributed by atoms with Crippen molar-refractivity contribution in [2.45, 2.75) is 51.0 Å². The Labute approximate surface area is 123 Å². The molecule has 1 aliphatic carbocycles. The number of aromatic nitrogens is 3. The van der Waals surface area contributed by atoms with Gasteiger partial charge in [-0.2, -0.15) is 0 Å². The summed E-state index contributed by atoms with van der Waals surface area (Å²) in [5.41, 5.74) is 10.1. The van der Waals surface area contributed by atoms with Gasteiger partial charge in [0.2, 0.25) is 0 Å². The molecule has 0 amide bonds. The maximum Gasteiger partial charge on any atom is 0.0829 e. The first-order valence-electron chi connectivity index (χ1n) is 7.20. The fraction of sp³-hybridized carbons (Fsp3) is 0.533. The van der Waals surface area contributed by atoms with E-state index in [4.69, 9.17) is 5.73 Å². The van der Waals surface area contributed by atoms with E-state index >= 15 is 0 Å². The molecule has 2 N–H and O–H groups in total. The van der Waals surface area contributed by atoms with Gasteiger partial charge in [0.15, 0.2) is 0 Å². The lowest BCUT2D eigenvalue weighted by Gasteiger charge is -2.28. The van der Waals surface area contributed by atoms with Gasteiger partial charge >= 0.3 is 0 Å². The second kappa shape index (κ2) is 5.58. The van der Waals surface area contributed by atoms with Gasteiger partial charge in [-0.15, -0.1) is 5.10 Å². The van der Waals surface area contributed by atoms with Gasteiger partial charge in [0.1, 0.15) is 0 Å². The quantitative estimate of drug-likeness (QED) is 0.942. The van der Waals surface area contributed by atoms with Crippen molar-refractivity contribution in [1.82, 2.24) is 14.6 Å². The molecule has 0 aliphatic heterocycles. The summed E-state index contributed by atoms with van der Waals surface area (Å²) in [7, 11) is 0. The van der Waals surface area contributed by atoms with Crippen LogP contribution in [-0.4, -0.2) is 14.6 Å². The summed E-state index contributed by atoms with van der Waals surface area (Å²) in [5.74, 6) is 0.654. The molecule has 0 fully saturated rings. The van der Waals surface area contributed by atoms with Gasteiger partial charge in [-0.25, -0.2) is 0 Å². The van der Waals surface area contributed by atoms with Gasteiger partial charge in [-0.05, 0) is 48.3 Å². The molecule has 2 heterocycles. The highest BCUT2D eigenvalue weighted by molar-refractivity contribution is 7.05. The lowest BCUT2D eigenvalue weighted by Crippen LogP contribution is -2.25. The van der Waals surface area contributed by atoms with Crippen LogP contribution in [0.2, 0.25) is 0 Å². The van der Waals surface area contributed by atoms with Crippen molar-refractivity contribution in [3.05, 3.63) is 40.2 Å². The molecule has 5 heteroatoms. The Kier molecular flexibility index (Phi) is 3.81. The topological polar surface area (TPSA) is 64.7 Å². The van der Waals surface area contributed by atoms with E-state index in [1.807, 2.05) is 12.3 Å². The van der Waals surface area contributed by atoms with Gasteiger partial charge < -0.3 is 5.73 Å². The van der Waals surface area contributed by atoms with Crippen LogP contribution in [0, 0.1) is 0 Å². The van der Waals surface area contributed by atoms with E-state index in [1.165, 1.54) is 29.2 Å². The van der Waals surface area contributed by atoms with Gasteiger partial charge in [-0.1, -0.05) is 24.4 Å². The molecule has 4 nitrogen and oxygen atoms in total. The molecule has 106 valence electrons. The first kappa shape index (κ1) is 13.6. The lowest BCUT2D eigenvalue weighted by molar-refractivity contribution is 0.463. The second-order valence-corrected chi connectivity index (χ2v) is 6.54. The predicted octanol–water partition coefficient (Wildman–Crippen LogP) is 3.18. The van der Waals surface area contributed by atoms with Crippen LogP contribution in [0.1, 0.15) is 66.4 Å². The van der Waals surface area contributed by atoms with E-state index < -0.39 is 0 Å². The molecule has 2 unspecified atom stereocenters. The molecule has 0 radical (unpaired) electrons. The number of nitrogens with two attached hydrogens (primary N) is 1. The third kappa shape index (κ3) is 2.36. The highest BCUT2D eigenvalue weighted by Gasteiger charge is 2.31. The summed E-state index contributed by atoms with van der Waals surface area (Å²) >= 11 is 1.44. The third-order valence-corrected chi connectivity index (χ3v) is 4.90. The maximum atomic E-state index is 6.56. The van der Waals surface area contributed by atoms with Gasteiger partial charge in [0.05, 0.1) is 16.6 Å². The normalized spacial score (nSPS) is 19.9. The van der Waals surface area contributed by atoms with Gasteiger partial charge in [0.25, 0.3) is 0 Å². The molecule has 2 atom stereocenters. The molecular weight excluding hydrogens is 268 g/mol. The number of nitrogens with zero attached hydrogens (tertiary/aromatic N) is 3. The van der Waals surface area contributed by atoms with Gasteiger partial charge in [-0.3, -0.25) is 4.98 Å². The van der Waals surface area contributed by atoms with Crippen LogP contribution in [0.3, 0.4) is 0 Å². The summed E-state index contributed by atoms with van der Waals surface area (Å²) in [6.45, 7) is 4.28. The lowest BCUT2D eigenvalue weighted by atomic mass is 9.81. The van der Waals surface area contributed by atoms with Crippen molar-refractivity contribution in [3.8, 4) is 0 Å². The minimum Gasteiger partial charge on any atom is -0.323 e. The zero-order valence-corrected chi connectivity index (χ0v) is 12.7. The summed E-state index contributed by atoms with van der Waals surface area (Å²) < 4.78 is 4.11. The van der Waals surface area contributed by atoms with E-state index in [9.17, 15) is 0 Å². The highest BCUT2D eigenvalue weighted by Crippen LogP contribution is 2.40. The molecule has 0 spiro atoms. The standard InChI is InChI=1S/C15H20N4S/c1-9(2)13-15(20-19-18-13)12(16)11-7-3-5-10-6-4-8-17-14(10)11/h4,6,8-9,11-12H,3,5,7,16H2,1-2H3. The van der Waals surface area contributed by atoms with Crippen molar-refractivity contribution in [1.29, 1.82) is 0 Å². The molecule has 1 aliphatic rings. The summed E-state index contributed by atoms with van der Waals surface area (Å²) in [4.78, 5) is 5.72. The van der Waals surface area contributed by atoms with Crippen molar-refractivity contribution in [2.24, 2.45) is 5.73 Å². The number of aryl methyl sites for hydroxylation is 1. The van der Waals surface area contributed by atoms with E-state index in [1.54, 1.807) is 0 Å². The monoisotopic (exact) mass is 288 g/mol. The SMILES string of the molecule is CC(C)c1nnsc1C(N)C1CCCc2cccnc21. The Morgan fingerprint density at radius 3 is 3.05 bits per heavy atom. The number of pyridine rings is 1. The van der Waals surface area contributed by atoms with Crippen molar-refractivity contribution >= 4 is 11.5 Å². The Morgan fingerprint density at radius 2 is 2.25 bits per heavy atom. The zero-order chi connectivity index (χ0) is 14.1. The van der Waals surface area contributed by atoms with E-state index in [0.29, 0.717) is 11.8 Å². The molecule has 3 rings (SSSR count). The Bertz CT molecular complexity index is 593. The molecule has 20 heavy (non-hydrogen) atoms. The molecule has 0 bridgehead atoms. The molecular formula is C15H20N4S. The Balaban J connectivity index is 1.95. The molecule has 2 aromatic heterocycles. The Morgan fingerprint density at radius 1 is 1.40 bits per heavy atom. The zero-order valence-electron chi connectivity index (χ0n) is 11.9. The third-order valence-electron chi connectivity index (χ3n) is 4.06. The summed E-state index contributed by atoms with van der Waals surface area (Å²) in [6.07, 6.45) is 5.27. The second-order valence-electron chi connectivity index (χ2n) is 5.75. The van der Waals surface area contributed by atoms with Crippen LogP contribution in [0.15, 0.2) is 18.3 Å². The van der Waals surface area contributed by atoms with Crippen LogP contribution in [-0.2, 0) is 6.42 Å². The minimum atomic E-state index is -0.0404. The number of rotatable bonds is 3. The van der Waals surface area contributed by atoms with Gasteiger partial charge in [0, 0.05) is 17.8 Å². The van der Waals surface area contributed by atoms with Crippen LogP contribution < -0.4 is 5.73 Å². The van der Waals surface area contributed by atoms with Crippen molar-refractivity contribution < 1.29 is 0 Å². The maximum absolute atomic E-state index is 6.56. The minimum absolute atomic E-state index is 0.0404. The molecule has 2 aromatic rings. The fourth-order valence-electron chi connectivity index (χ4n) is 3.01. The molecule has 0 saturated carbocycles. The number of hydrogen-bond donors (Lipinski definition) is 1. The molecule has 0 saturated heterocycles. The number of fused-ring (bicyclic) bond motifs is 1. The van der Waals surface area contributed by atoms with Crippen LogP contribution in [0.4, 0.5) is 0 Å². The predicted molar refractivity (Wildman–Crippen MR) is 80.8 cm³/mol. The first-order valence-corrected chi connectivity index (χ1v) is 7.97. The summed E-state index contributed by atoms with van der Waals surface area (Å²) in [5, 5.41) is 4.26. The Hall–Kier alpha value is -1.33. The van der Waals surface area contributed by atoms with Crippen molar-refractivity contribution in [2.75, 3.05) is 0 Å². The largest absolute Gasteiger partial charge is 0.323 e. The average Bonchev–Trinajstić information content (AvgIpc) is 2.95.